The predicted octanol–water partition coefficient (Wildman–Crippen LogP) is 3.60. The number of carbonyl (C=O) groups excluding carboxylic acids is 1. The van der Waals surface area contributed by atoms with Crippen LogP contribution in [0.25, 0.3) is 11.0 Å². The number of benzene rings is 1. The summed E-state index contributed by atoms with van der Waals surface area (Å²) in [6.45, 7) is 6.04. The van der Waals surface area contributed by atoms with E-state index < -0.39 is 11.7 Å². The molecule has 3 N–H and O–H groups in total. The third-order valence-electron chi connectivity index (χ3n) is 3.88. The number of aromatic amines is 1. The summed E-state index contributed by atoms with van der Waals surface area (Å²) in [7, 11) is 0. The molecule has 0 bridgehead atoms. The Bertz CT molecular complexity index is 668. The zero-order chi connectivity index (χ0) is 16.8. The number of anilines is 1. The zero-order valence-electron chi connectivity index (χ0n) is 13.9. The van der Waals surface area contributed by atoms with Gasteiger partial charge < -0.3 is 15.6 Å². The fraction of sp³-hybridized carbons (Fsp3) is 0.529. The molecule has 0 radical (unpaired) electrons. The van der Waals surface area contributed by atoms with Crippen molar-refractivity contribution in [1.82, 2.24) is 9.97 Å². The van der Waals surface area contributed by atoms with Gasteiger partial charge in [0.1, 0.15) is 11.3 Å². The van der Waals surface area contributed by atoms with Crippen LogP contribution in [0, 0.1) is 5.82 Å². The molecule has 0 spiro atoms. The number of H-pyrrole nitrogens is 1. The van der Waals surface area contributed by atoms with E-state index in [1.165, 1.54) is 25.3 Å². The van der Waals surface area contributed by atoms with E-state index in [2.05, 4.69) is 28.7 Å². The van der Waals surface area contributed by atoms with Gasteiger partial charge in [0.05, 0.1) is 11.1 Å². The lowest BCUT2D eigenvalue weighted by Crippen LogP contribution is -2.26. The number of unbranched alkanes of at least 4 members (excludes halogenated alkanes) is 3. The molecule has 0 unspecified atom stereocenters. The number of hydrogen-bond donors (Lipinski definition) is 2. The molecule has 5 nitrogen and oxygen atoms in total. The van der Waals surface area contributed by atoms with Crippen LogP contribution in [0.3, 0.4) is 0 Å². The first-order chi connectivity index (χ1) is 11.1. The van der Waals surface area contributed by atoms with Crippen LogP contribution in [0.2, 0.25) is 0 Å². The Hall–Kier alpha value is -2.11. The molecule has 0 aliphatic carbocycles. The molecule has 1 aromatic heterocycles. The van der Waals surface area contributed by atoms with Crippen molar-refractivity contribution in [2.45, 2.75) is 46.0 Å². The number of nitrogens with two attached hydrogens (primary N) is 1. The molecular formula is C17H25FN4O. The first kappa shape index (κ1) is 17.2. The van der Waals surface area contributed by atoms with Crippen molar-refractivity contribution >= 4 is 22.9 Å². The van der Waals surface area contributed by atoms with Gasteiger partial charge in [-0.15, -0.1) is 0 Å². The molecule has 126 valence electrons. The summed E-state index contributed by atoms with van der Waals surface area (Å²) in [6.07, 6.45) is 5.67. The van der Waals surface area contributed by atoms with E-state index in [0.717, 1.165) is 32.0 Å². The summed E-state index contributed by atoms with van der Waals surface area (Å²) in [4.78, 5) is 21.3. The van der Waals surface area contributed by atoms with E-state index in [-0.39, 0.29) is 5.56 Å². The molecule has 0 aliphatic rings. The Morgan fingerprint density at radius 1 is 1.22 bits per heavy atom. The highest BCUT2D eigenvalue weighted by Crippen LogP contribution is 2.23. The second-order valence-electron chi connectivity index (χ2n) is 5.82. The lowest BCUT2D eigenvalue weighted by atomic mass is 10.1. The van der Waals surface area contributed by atoms with E-state index in [9.17, 15) is 9.18 Å². The number of amides is 1. The van der Waals surface area contributed by atoms with Crippen LogP contribution in [-0.2, 0) is 0 Å². The highest BCUT2D eigenvalue weighted by atomic mass is 19.1. The number of primary amides is 1. The van der Waals surface area contributed by atoms with Gasteiger partial charge >= 0.3 is 0 Å². The van der Waals surface area contributed by atoms with Crippen molar-refractivity contribution in [3.8, 4) is 0 Å². The standard InChI is InChI=1S/C17H25FN4O/c1-3-5-6-7-9-22(8-4-2)17-20-14-11-12(18)10-13(16(19)23)15(14)21-17/h10-11H,3-9H2,1-2H3,(H2,19,23)(H,20,21). The normalized spacial score (nSPS) is 11.1. The lowest BCUT2D eigenvalue weighted by Gasteiger charge is -2.21. The third-order valence-corrected chi connectivity index (χ3v) is 3.88. The lowest BCUT2D eigenvalue weighted by molar-refractivity contribution is 0.100. The summed E-state index contributed by atoms with van der Waals surface area (Å²) in [6, 6.07) is 2.49. The average molecular weight is 320 g/mol. The minimum atomic E-state index is -0.669. The zero-order valence-corrected chi connectivity index (χ0v) is 13.9. The number of imidazole rings is 1. The van der Waals surface area contributed by atoms with Crippen molar-refractivity contribution in [2.24, 2.45) is 5.73 Å². The Morgan fingerprint density at radius 2 is 2.00 bits per heavy atom. The summed E-state index contributed by atoms with van der Waals surface area (Å²) in [5.74, 6) is -0.490. The summed E-state index contributed by atoms with van der Waals surface area (Å²) in [5.41, 5.74) is 6.39. The topological polar surface area (TPSA) is 75.0 Å². The van der Waals surface area contributed by atoms with Crippen molar-refractivity contribution in [2.75, 3.05) is 18.0 Å². The van der Waals surface area contributed by atoms with E-state index in [1.54, 1.807) is 0 Å². The first-order valence-electron chi connectivity index (χ1n) is 8.30. The molecule has 2 aromatic rings. The quantitative estimate of drug-likeness (QED) is 0.693. The second-order valence-corrected chi connectivity index (χ2v) is 5.82. The number of halogens is 1. The third kappa shape index (κ3) is 4.21. The maximum absolute atomic E-state index is 13.6. The van der Waals surface area contributed by atoms with Crippen LogP contribution in [0.5, 0.6) is 0 Å². The van der Waals surface area contributed by atoms with E-state index in [1.807, 2.05) is 0 Å². The van der Waals surface area contributed by atoms with Gasteiger partial charge in [-0.1, -0.05) is 33.1 Å². The Balaban J connectivity index is 2.28. The molecular weight excluding hydrogens is 295 g/mol. The number of nitrogens with zero attached hydrogens (tertiary/aromatic N) is 2. The average Bonchev–Trinajstić information content (AvgIpc) is 2.92. The number of aromatic nitrogens is 2. The molecule has 0 aliphatic heterocycles. The number of hydrogen-bond acceptors (Lipinski definition) is 3. The van der Waals surface area contributed by atoms with Gasteiger partial charge in [-0.05, 0) is 25.0 Å². The van der Waals surface area contributed by atoms with Crippen LogP contribution in [0.1, 0.15) is 56.3 Å². The van der Waals surface area contributed by atoms with E-state index >= 15 is 0 Å². The second kappa shape index (κ2) is 7.94. The maximum Gasteiger partial charge on any atom is 0.251 e. The molecule has 0 saturated carbocycles. The maximum atomic E-state index is 13.6. The molecule has 23 heavy (non-hydrogen) atoms. The van der Waals surface area contributed by atoms with Crippen molar-refractivity contribution in [3.05, 3.63) is 23.5 Å². The van der Waals surface area contributed by atoms with Crippen LogP contribution < -0.4 is 10.6 Å². The van der Waals surface area contributed by atoms with Gasteiger partial charge in [0.25, 0.3) is 5.91 Å². The Labute approximate surface area is 136 Å². The van der Waals surface area contributed by atoms with Gasteiger partial charge in [0.2, 0.25) is 5.95 Å². The fourth-order valence-corrected chi connectivity index (χ4v) is 2.73. The Morgan fingerprint density at radius 3 is 2.65 bits per heavy atom. The molecule has 1 heterocycles. The first-order valence-corrected chi connectivity index (χ1v) is 8.30. The SMILES string of the molecule is CCCCCCN(CCC)c1nc2c(C(N)=O)cc(F)cc2[nH]1. The Kier molecular flexibility index (Phi) is 5.96. The molecule has 1 amide bonds. The number of rotatable bonds is 9. The van der Waals surface area contributed by atoms with Crippen molar-refractivity contribution in [3.63, 3.8) is 0 Å². The molecule has 2 rings (SSSR count). The number of nitrogens with one attached hydrogen (secondary N) is 1. The van der Waals surface area contributed by atoms with Crippen LogP contribution in [0.4, 0.5) is 10.3 Å². The van der Waals surface area contributed by atoms with Crippen molar-refractivity contribution in [1.29, 1.82) is 0 Å². The summed E-state index contributed by atoms with van der Waals surface area (Å²) >= 11 is 0. The highest BCUT2D eigenvalue weighted by molar-refractivity contribution is 6.04. The van der Waals surface area contributed by atoms with Gasteiger partial charge in [0.15, 0.2) is 0 Å². The molecule has 6 heteroatoms. The summed E-state index contributed by atoms with van der Waals surface area (Å²) < 4.78 is 13.6. The molecule has 0 atom stereocenters. The van der Waals surface area contributed by atoms with Crippen LogP contribution >= 0.6 is 0 Å². The summed E-state index contributed by atoms with van der Waals surface area (Å²) in [5, 5.41) is 0. The minimum Gasteiger partial charge on any atom is -0.366 e. The fourth-order valence-electron chi connectivity index (χ4n) is 2.73. The molecule has 0 fully saturated rings. The van der Waals surface area contributed by atoms with Gasteiger partial charge in [-0.25, -0.2) is 9.37 Å². The van der Waals surface area contributed by atoms with Crippen LogP contribution in [0.15, 0.2) is 12.1 Å². The largest absolute Gasteiger partial charge is 0.366 e. The molecule has 0 saturated heterocycles. The van der Waals surface area contributed by atoms with E-state index in [4.69, 9.17) is 5.73 Å². The van der Waals surface area contributed by atoms with Gasteiger partial charge in [-0.3, -0.25) is 4.79 Å². The predicted molar refractivity (Wildman–Crippen MR) is 91.2 cm³/mol. The van der Waals surface area contributed by atoms with Gasteiger partial charge in [-0.2, -0.15) is 0 Å². The highest BCUT2D eigenvalue weighted by Gasteiger charge is 2.16. The monoisotopic (exact) mass is 320 g/mol. The number of carbonyl (C=O) groups is 1. The molecule has 1 aromatic carbocycles. The smallest absolute Gasteiger partial charge is 0.251 e. The van der Waals surface area contributed by atoms with Gasteiger partial charge in [0, 0.05) is 13.1 Å². The van der Waals surface area contributed by atoms with Crippen molar-refractivity contribution < 1.29 is 9.18 Å². The number of fused-ring (bicyclic) bond motifs is 1. The van der Waals surface area contributed by atoms with Crippen LogP contribution in [-0.4, -0.2) is 29.0 Å². The minimum absolute atomic E-state index is 0.116. The van der Waals surface area contributed by atoms with E-state index in [0.29, 0.717) is 17.0 Å².